The number of aromatic nitrogens is 1. The topological polar surface area (TPSA) is 63.2 Å². The number of nitrogens with one attached hydrogen (secondary N) is 2. The van der Waals surface area contributed by atoms with Crippen molar-refractivity contribution >= 4 is 17.3 Å². The normalized spacial score (nSPS) is 10.2. The van der Waals surface area contributed by atoms with Gasteiger partial charge in [0.05, 0.1) is 24.6 Å². The van der Waals surface area contributed by atoms with E-state index in [0.29, 0.717) is 12.1 Å². The maximum absolute atomic E-state index is 12.5. The number of aryl methyl sites for hydroxylation is 1. The summed E-state index contributed by atoms with van der Waals surface area (Å²) in [6.07, 6.45) is 3.25. The van der Waals surface area contributed by atoms with Crippen LogP contribution in [0.15, 0.2) is 67.0 Å². The fourth-order valence-corrected chi connectivity index (χ4v) is 2.65. The zero-order chi connectivity index (χ0) is 18.4. The Hall–Kier alpha value is -3.34. The van der Waals surface area contributed by atoms with Gasteiger partial charge in [-0.05, 0) is 36.8 Å². The van der Waals surface area contributed by atoms with Crippen LogP contribution in [0.5, 0.6) is 5.75 Å². The van der Waals surface area contributed by atoms with Crippen molar-refractivity contribution in [2.75, 3.05) is 12.4 Å². The number of pyridine rings is 1. The van der Waals surface area contributed by atoms with Crippen LogP contribution in [0.25, 0.3) is 0 Å². The summed E-state index contributed by atoms with van der Waals surface area (Å²) in [5.41, 5.74) is 4.30. The van der Waals surface area contributed by atoms with E-state index in [0.717, 1.165) is 28.3 Å². The van der Waals surface area contributed by atoms with Gasteiger partial charge in [0.2, 0.25) is 0 Å². The van der Waals surface area contributed by atoms with Gasteiger partial charge in [0.1, 0.15) is 5.75 Å². The summed E-state index contributed by atoms with van der Waals surface area (Å²) < 4.78 is 5.30. The highest BCUT2D eigenvalue weighted by atomic mass is 16.5. The van der Waals surface area contributed by atoms with Crippen molar-refractivity contribution in [3.63, 3.8) is 0 Å². The smallest absolute Gasteiger partial charge is 0.253 e. The van der Waals surface area contributed by atoms with Crippen LogP contribution in [0.3, 0.4) is 0 Å². The van der Waals surface area contributed by atoms with Crippen molar-refractivity contribution in [2.24, 2.45) is 0 Å². The largest absolute Gasteiger partial charge is 0.496 e. The molecular weight excluding hydrogens is 326 g/mol. The Bertz CT molecular complexity index is 909. The van der Waals surface area contributed by atoms with Gasteiger partial charge in [0.25, 0.3) is 5.91 Å². The average molecular weight is 347 g/mol. The fraction of sp³-hybridized carbons (Fsp3) is 0.143. The van der Waals surface area contributed by atoms with E-state index in [-0.39, 0.29) is 5.91 Å². The van der Waals surface area contributed by atoms with Gasteiger partial charge in [-0.25, -0.2) is 0 Å². The van der Waals surface area contributed by atoms with Gasteiger partial charge in [-0.3, -0.25) is 9.78 Å². The second kappa shape index (κ2) is 8.16. The maximum Gasteiger partial charge on any atom is 0.253 e. The minimum Gasteiger partial charge on any atom is -0.496 e. The molecule has 0 saturated carbocycles. The second-order valence-electron chi connectivity index (χ2n) is 5.95. The number of anilines is 2. The quantitative estimate of drug-likeness (QED) is 0.705. The highest BCUT2D eigenvalue weighted by molar-refractivity contribution is 5.94. The summed E-state index contributed by atoms with van der Waals surface area (Å²) >= 11 is 0. The number of ether oxygens (including phenoxy) is 1. The Balaban J connectivity index is 1.68. The third kappa shape index (κ3) is 4.39. The van der Waals surface area contributed by atoms with Crippen LogP contribution in [0.1, 0.15) is 21.5 Å². The molecular formula is C21H21N3O2. The SMILES string of the molecule is COc1ccccc1CNC(=O)c1cncc(Nc2cccc(C)c2)c1. The minimum atomic E-state index is -0.184. The Kier molecular flexibility index (Phi) is 5.49. The molecule has 1 heterocycles. The van der Waals surface area contributed by atoms with Gasteiger partial charge in [-0.15, -0.1) is 0 Å². The van der Waals surface area contributed by atoms with Crippen LogP contribution in [-0.4, -0.2) is 18.0 Å². The lowest BCUT2D eigenvalue weighted by Crippen LogP contribution is -2.23. The maximum atomic E-state index is 12.5. The summed E-state index contributed by atoms with van der Waals surface area (Å²) in [6.45, 7) is 2.42. The van der Waals surface area contributed by atoms with Gasteiger partial charge < -0.3 is 15.4 Å². The first-order chi connectivity index (χ1) is 12.7. The Morgan fingerprint density at radius 3 is 2.69 bits per heavy atom. The van der Waals surface area contributed by atoms with E-state index in [4.69, 9.17) is 4.74 Å². The lowest BCUT2D eigenvalue weighted by Gasteiger charge is -2.11. The number of hydrogen-bond acceptors (Lipinski definition) is 4. The standard InChI is InChI=1S/C21H21N3O2/c1-15-6-5-8-18(10-15)24-19-11-17(12-22-14-19)21(25)23-13-16-7-3-4-9-20(16)26-2/h3-12,14,24H,13H2,1-2H3,(H,23,25). The summed E-state index contributed by atoms with van der Waals surface area (Å²) in [5, 5.41) is 6.17. The first-order valence-electron chi connectivity index (χ1n) is 8.34. The molecule has 1 amide bonds. The van der Waals surface area contributed by atoms with Crippen molar-refractivity contribution < 1.29 is 9.53 Å². The number of para-hydroxylation sites is 1. The molecule has 0 radical (unpaired) electrons. The van der Waals surface area contributed by atoms with Crippen molar-refractivity contribution in [1.82, 2.24) is 10.3 Å². The van der Waals surface area contributed by atoms with Crippen LogP contribution in [0.2, 0.25) is 0 Å². The average Bonchev–Trinajstić information content (AvgIpc) is 2.66. The first-order valence-corrected chi connectivity index (χ1v) is 8.34. The Morgan fingerprint density at radius 1 is 1.04 bits per heavy atom. The molecule has 5 heteroatoms. The molecule has 2 aromatic carbocycles. The molecule has 0 aliphatic heterocycles. The van der Waals surface area contributed by atoms with Gasteiger partial charge in [-0.1, -0.05) is 30.3 Å². The summed E-state index contributed by atoms with van der Waals surface area (Å²) in [5.74, 6) is 0.567. The molecule has 0 aliphatic carbocycles. The van der Waals surface area contributed by atoms with Crippen molar-refractivity contribution in [3.8, 4) is 5.75 Å². The highest BCUT2D eigenvalue weighted by Gasteiger charge is 2.09. The highest BCUT2D eigenvalue weighted by Crippen LogP contribution is 2.19. The van der Waals surface area contributed by atoms with Crippen LogP contribution in [0, 0.1) is 6.92 Å². The molecule has 132 valence electrons. The van der Waals surface area contributed by atoms with Gasteiger partial charge in [-0.2, -0.15) is 0 Å². The third-order valence-corrected chi connectivity index (χ3v) is 3.94. The van der Waals surface area contributed by atoms with E-state index < -0.39 is 0 Å². The molecule has 3 rings (SSSR count). The number of methoxy groups -OCH3 is 1. The van der Waals surface area contributed by atoms with Crippen molar-refractivity contribution in [2.45, 2.75) is 13.5 Å². The molecule has 1 aromatic heterocycles. The van der Waals surface area contributed by atoms with Crippen LogP contribution in [-0.2, 0) is 6.54 Å². The monoisotopic (exact) mass is 347 g/mol. The van der Waals surface area contributed by atoms with Crippen LogP contribution in [0.4, 0.5) is 11.4 Å². The molecule has 26 heavy (non-hydrogen) atoms. The number of carbonyl (C=O) groups excluding carboxylic acids is 1. The molecule has 2 N–H and O–H groups in total. The number of rotatable bonds is 6. The summed E-state index contributed by atoms with van der Waals surface area (Å²) in [4.78, 5) is 16.6. The molecule has 0 fully saturated rings. The van der Waals surface area contributed by atoms with E-state index in [1.165, 1.54) is 0 Å². The van der Waals surface area contributed by atoms with Gasteiger partial charge in [0, 0.05) is 24.0 Å². The molecule has 0 spiro atoms. The molecule has 0 bridgehead atoms. The van der Waals surface area contributed by atoms with E-state index in [2.05, 4.69) is 15.6 Å². The number of amides is 1. The van der Waals surface area contributed by atoms with E-state index in [1.807, 2.05) is 55.5 Å². The Morgan fingerprint density at radius 2 is 1.88 bits per heavy atom. The van der Waals surface area contributed by atoms with Crippen LogP contribution < -0.4 is 15.4 Å². The molecule has 0 saturated heterocycles. The number of carbonyl (C=O) groups is 1. The van der Waals surface area contributed by atoms with Crippen molar-refractivity contribution in [1.29, 1.82) is 0 Å². The third-order valence-electron chi connectivity index (χ3n) is 3.94. The zero-order valence-electron chi connectivity index (χ0n) is 14.8. The number of benzene rings is 2. The van der Waals surface area contributed by atoms with Crippen LogP contribution >= 0.6 is 0 Å². The minimum absolute atomic E-state index is 0.184. The van der Waals surface area contributed by atoms with Crippen molar-refractivity contribution in [3.05, 3.63) is 83.7 Å². The molecule has 0 aliphatic rings. The van der Waals surface area contributed by atoms with E-state index >= 15 is 0 Å². The molecule has 0 atom stereocenters. The first kappa shape index (κ1) is 17.5. The van der Waals surface area contributed by atoms with E-state index in [9.17, 15) is 4.79 Å². The predicted molar refractivity (Wildman–Crippen MR) is 103 cm³/mol. The second-order valence-corrected chi connectivity index (χ2v) is 5.95. The molecule has 0 unspecified atom stereocenters. The molecule has 3 aromatic rings. The fourth-order valence-electron chi connectivity index (χ4n) is 2.65. The van der Waals surface area contributed by atoms with E-state index in [1.54, 1.807) is 25.6 Å². The lowest BCUT2D eigenvalue weighted by molar-refractivity contribution is 0.0950. The molecule has 5 nitrogen and oxygen atoms in total. The van der Waals surface area contributed by atoms with Gasteiger partial charge >= 0.3 is 0 Å². The summed E-state index contributed by atoms with van der Waals surface area (Å²) in [7, 11) is 1.62. The lowest BCUT2D eigenvalue weighted by atomic mass is 10.2. The number of hydrogen-bond donors (Lipinski definition) is 2. The number of nitrogens with zero attached hydrogens (tertiary/aromatic N) is 1. The van der Waals surface area contributed by atoms with Gasteiger partial charge in [0.15, 0.2) is 0 Å². The predicted octanol–water partition coefficient (Wildman–Crippen LogP) is 4.07. The zero-order valence-corrected chi connectivity index (χ0v) is 14.8. The Labute approximate surface area is 153 Å². The summed E-state index contributed by atoms with van der Waals surface area (Å²) in [6, 6.07) is 17.4.